The van der Waals surface area contributed by atoms with Gasteiger partial charge in [-0.05, 0) is 0 Å². The molecule has 9 nitrogen and oxygen atoms in total. The summed E-state index contributed by atoms with van der Waals surface area (Å²) < 4.78 is 76.7. The Hall–Kier alpha value is 2.42. The van der Waals surface area contributed by atoms with Crippen molar-refractivity contribution >= 4 is 0 Å². The maximum absolute atomic E-state index is 8.52. The molecule has 0 aromatic carbocycles. The van der Waals surface area contributed by atoms with E-state index in [1.807, 2.05) is 0 Å². The van der Waals surface area contributed by atoms with Gasteiger partial charge in [0.05, 0.1) is 0 Å². The summed E-state index contributed by atoms with van der Waals surface area (Å²) in [7, 11) is 0. The molecular formula is Br3O9Sm. The molecule has 0 spiro atoms. The van der Waals surface area contributed by atoms with E-state index in [1.54, 1.807) is 0 Å². The molecule has 0 unspecified atom stereocenters. The van der Waals surface area contributed by atoms with Crippen molar-refractivity contribution < 1.29 is 123 Å². The Morgan fingerprint density at radius 2 is 0.385 bits per heavy atom. The van der Waals surface area contributed by atoms with Gasteiger partial charge in [0.15, 0.2) is 0 Å². The molecule has 0 aliphatic carbocycles. The van der Waals surface area contributed by atoms with Crippen molar-refractivity contribution in [2.45, 2.75) is 0 Å². The van der Waals surface area contributed by atoms with Crippen LogP contribution in [0.5, 0.6) is 0 Å². The van der Waals surface area contributed by atoms with Crippen molar-refractivity contribution in [3.63, 3.8) is 0 Å². The molecule has 0 aliphatic heterocycles. The predicted octanol–water partition coefficient (Wildman–Crippen LogP) is -10.7. The molecule has 0 bridgehead atoms. The molecule has 0 fully saturated rings. The number of rotatable bonds is 0. The molecule has 0 amide bonds. The van der Waals surface area contributed by atoms with Crippen LogP contribution in [0, 0.1) is 84.8 Å². The minimum Gasteiger partial charge on any atom is -0.405 e. The summed E-state index contributed by atoms with van der Waals surface area (Å²) in [4.78, 5) is 0. The quantitative estimate of drug-likeness (QED) is 0.289. The van der Waals surface area contributed by atoms with Crippen molar-refractivity contribution in [3.05, 3.63) is 0 Å². The summed E-state index contributed by atoms with van der Waals surface area (Å²) in [5, 5.41) is 0. The average Bonchev–Trinajstić information content (AvgIpc) is 1.54. The molecule has 0 aromatic heterocycles. The summed E-state index contributed by atoms with van der Waals surface area (Å²) >= 11 is -10.9. The molecule has 0 saturated carbocycles. The van der Waals surface area contributed by atoms with Crippen molar-refractivity contribution in [3.8, 4) is 0 Å². The Morgan fingerprint density at radius 3 is 0.385 bits per heavy atom. The Labute approximate surface area is 121 Å². The van der Waals surface area contributed by atoms with Gasteiger partial charge in [-0.25, -0.2) is 0 Å². The maximum Gasteiger partial charge on any atom is 3.00 e. The third kappa shape index (κ3) is 380. The van der Waals surface area contributed by atoms with Gasteiger partial charge in [-0.15, -0.1) is 0 Å². The smallest absolute Gasteiger partial charge is 0.405 e. The summed E-state index contributed by atoms with van der Waals surface area (Å²) in [6.45, 7) is 0. The molecule has 0 atom stereocenters. The van der Waals surface area contributed by atoms with Gasteiger partial charge in [-0.1, -0.05) is 0 Å². The third-order valence-corrected chi connectivity index (χ3v) is 0. The van der Waals surface area contributed by atoms with E-state index in [9.17, 15) is 0 Å². The number of hydrogen-bond donors (Lipinski definition) is 0. The van der Waals surface area contributed by atoms with Crippen molar-refractivity contribution in [1.82, 2.24) is 0 Å². The zero-order valence-electron chi connectivity index (χ0n) is 5.22. The second-order valence-corrected chi connectivity index (χ2v) is 2.95. The van der Waals surface area contributed by atoms with E-state index < -0.39 is 44.4 Å². The van der Waals surface area contributed by atoms with E-state index in [1.165, 1.54) is 0 Å². The molecule has 0 heterocycles. The van der Waals surface area contributed by atoms with Crippen molar-refractivity contribution in [1.29, 1.82) is 0 Å². The molecule has 1 radical (unpaired) electrons. The Balaban J connectivity index is -0.0000000450. The first kappa shape index (κ1) is 24.6. The average molecular weight is 534 g/mol. The minimum absolute atomic E-state index is 0. The van der Waals surface area contributed by atoms with Crippen LogP contribution in [-0.2, 0) is 0 Å². The maximum atomic E-state index is 8.52. The van der Waals surface area contributed by atoms with Gasteiger partial charge >= 0.3 is 40.4 Å². The predicted molar refractivity (Wildman–Crippen MR) is 0 cm³/mol. The zero-order valence-corrected chi connectivity index (χ0v) is 12.6. The van der Waals surface area contributed by atoms with E-state index >= 15 is 0 Å². The second kappa shape index (κ2) is 19.9. The Bertz CT molecular complexity index is 43.4. The SMILES string of the molecule is [O-][Br+2]([O-])[O-].[O-][Br+2]([O-])[O-].[O-][Br+2]([O-])[O-].[Sm+3]. The Morgan fingerprint density at radius 1 is 0.385 bits per heavy atom. The first-order valence-electron chi connectivity index (χ1n) is 1.39. The van der Waals surface area contributed by atoms with Gasteiger partial charge < -0.3 is 37.8 Å². The van der Waals surface area contributed by atoms with Crippen LogP contribution in [0.15, 0.2) is 0 Å². The normalized spacial score (nSPS) is 8.31. The van der Waals surface area contributed by atoms with Crippen molar-refractivity contribution in [2.24, 2.45) is 0 Å². The van der Waals surface area contributed by atoms with Crippen LogP contribution in [0.4, 0.5) is 0 Å². The number of hydrogen-bond acceptors (Lipinski definition) is 9. The molecule has 0 aromatic rings. The third-order valence-electron chi connectivity index (χ3n) is 0. The van der Waals surface area contributed by atoms with Gasteiger partial charge in [-0.2, -0.15) is 0 Å². The molecular weight excluding hydrogens is 534 g/mol. The van der Waals surface area contributed by atoms with Crippen LogP contribution >= 0.6 is 0 Å². The van der Waals surface area contributed by atoms with E-state index in [0.717, 1.165) is 0 Å². The van der Waals surface area contributed by atoms with Gasteiger partial charge in [0.25, 0.3) is 0 Å². The number of halogens is 3. The van der Waals surface area contributed by atoms with Gasteiger partial charge in [0.1, 0.15) is 0 Å². The van der Waals surface area contributed by atoms with E-state index in [-0.39, 0.29) is 40.4 Å². The molecule has 0 saturated heterocycles. The molecule has 13 heavy (non-hydrogen) atoms. The zero-order chi connectivity index (χ0) is 10.7. The first-order chi connectivity index (χ1) is 5.20. The summed E-state index contributed by atoms with van der Waals surface area (Å²) in [5.74, 6) is 0. The van der Waals surface area contributed by atoms with Crippen LogP contribution in [0.1, 0.15) is 0 Å². The minimum atomic E-state index is -3.65. The topological polar surface area (TPSA) is 208 Å². The Kier molecular flexibility index (Phi) is 37.7. The molecule has 0 aliphatic rings. The molecule has 0 N–H and O–H groups in total. The largest absolute Gasteiger partial charge is 3.00 e. The van der Waals surface area contributed by atoms with Gasteiger partial charge in [0, 0.05) is 0 Å². The fourth-order valence-corrected chi connectivity index (χ4v) is 0. The summed E-state index contributed by atoms with van der Waals surface area (Å²) in [6, 6.07) is 0. The van der Waals surface area contributed by atoms with Gasteiger partial charge in [0.2, 0.25) is 44.4 Å². The van der Waals surface area contributed by atoms with E-state index in [2.05, 4.69) is 0 Å². The van der Waals surface area contributed by atoms with Crippen LogP contribution in [0.2, 0.25) is 0 Å². The van der Waals surface area contributed by atoms with Crippen molar-refractivity contribution in [2.75, 3.05) is 0 Å². The molecule has 13 heteroatoms. The van der Waals surface area contributed by atoms with Crippen LogP contribution < -0.4 is 37.8 Å². The van der Waals surface area contributed by atoms with Crippen LogP contribution in [0.25, 0.3) is 0 Å². The fraction of sp³-hybridized carbons (Fsp3) is 0. The monoisotopic (exact) mass is 533 g/mol. The molecule has 81 valence electrons. The summed E-state index contributed by atoms with van der Waals surface area (Å²) in [5.41, 5.74) is 0. The fourth-order valence-electron chi connectivity index (χ4n) is 0. The van der Waals surface area contributed by atoms with Gasteiger partial charge in [-0.3, -0.25) is 0 Å². The van der Waals surface area contributed by atoms with Crippen LogP contribution in [-0.4, -0.2) is 0 Å². The van der Waals surface area contributed by atoms with E-state index in [4.69, 9.17) is 37.8 Å². The molecule has 0 rings (SSSR count). The first-order valence-corrected chi connectivity index (χ1v) is 7.22. The standard InChI is InChI=1S/3BrO3.Sm/c3*2-1(3)4;/q3*-1;+3. The second-order valence-electron chi connectivity index (χ2n) is 0.567. The van der Waals surface area contributed by atoms with Crippen LogP contribution in [0.3, 0.4) is 0 Å². The van der Waals surface area contributed by atoms with E-state index in [0.29, 0.717) is 0 Å². The summed E-state index contributed by atoms with van der Waals surface area (Å²) in [6.07, 6.45) is 0.